The van der Waals surface area contributed by atoms with E-state index in [1.807, 2.05) is 12.1 Å². The van der Waals surface area contributed by atoms with Crippen molar-refractivity contribution in [1.82, 2.24) is 4.90 Å². The van der Waals surface area contributed by atoms with Gasteiger partial charge in [-0.15, -0.1) is 0 Å². The van der Waals surface area contributed by atoms with E-state index in [0.29, 0.717) is 0 Å². The van der Waals surface area contributed by atoms with Crippen molar-refractivity contribution in [2.45, 2.75) is 13.5 Å². The summed E-state index contributed by atoms with van der Waals surface area (Å²) in [6.45, 7) is 1.55. The molecule has 0 radical (unpaired) electrons. The fraction of sp³-hybridized carbons (Fsp3) is 0.385. The van der Waals surface area contributed by atoms with Gasteiger partial charge in [-0.2, -0.15) is 0 Å². The second kappa shape index (κ2) is 6.64. The molecule has 0 aliphatic rings. The summed E-state index contributed by atoms with van der Waals surface area (Å²) in [7, 11) is 3.14. The summed E-state index contributed by atoms with van der Waals surface area (Å²) in [6.07, 6.45) is 0. The molecule has 1 aromatic rings. The van der Waals surface area contributed by atoms with Crippen LogP contribution < -0.4 is 4.74 Å². The third-order valence-corrected chi connectivity index (χ3v) is 2.46. The normalized spacial score (nSPS) is 9.72. The second-order valence-corrected chi connectivity index (χ2v) is 3.88. The molecule has 5 heteroatoms. The lowest BCUT2D eigenvalue weighted by atomic mass is 10.2. The Hall–Kier alpha value is -2.04. The van der Waals surface area contributed by atoms with Gasteiger partial charge in [0, 0.05) is 14.0 Å². The van der Waals surface area contributed by atoms with Crippen molar-refractivity contribution in [3.05, 3.63) is 29.8 Å². The maximum Gasteiger partial charge on any atom is 0.325 e. The van der Waals surface area contributed by atoms with Gasteiger partial charge in [-0.3, -0.25) is 9.59 Å². The van der Waals surface area contributed by atoms with Crippen LogP contribution in [0.3, 0.4) is 0 Å². The number of amides is 1. The maximum absolute atomic E-state index is 11.4. The van der Waals surface area contributed by atoms with Gasteiger partial charge in [0.15, 0.2) is 0 Å². The third-order valence-electron chi connectivity index (χ3n) is 2.46. The molecule has 1 amide bonds. The number of carbonyl (C=O) groups is 2. The summed E-state index contributed by atoms with van der Waals surface area (Å²) >= 11 is 0. The Balaban J connectivity index is 2.40. The first-order valence-corrected chi connectivity index (χ1v) is 5.53. The molecule has 1 aromatic carbocycles. The average molecular weight is 251 g/mol. The van der Waals surface area contributed by atoms with Crippen molar-refractivity contribution in [3.63, 3.8) is 0 Å². The molecule has 0 aromatic heterocycles. The van der Waals surface area contributed by atoms with Crippen LogP contribution in [0.5, 0.6) is 5.75 Å². The fourth-order valence-corrected chi connectivity index (χ4v) is 1.24. The Labute approximate surface area is 106 Å². The zero-order chi connectivity index (χ0) is 13.5. The van der Waals surface area contributed by atoms with Gasteiger partial charge < -0.3 is 14.4 Å². The van der Waals surface area contributed by atoms with Gasteiger partial charge >= 0.3 is 5.97 Å². The molecule has 0 unspecified atom stereocenters. The Morgan fingerprint density at radius 2 is 1.83 bits per heavy atom. The Morgan fingerprint density at radius 1 is 1.22 bits per heavy atom. The minimum atomic E-state index is -0.427. The highest BCUT2D eigenvalue weighted by molar-refractivity contribution is 5.80. The largest absolute Gasteiger partial charge is 0.497 e. The first-order valence-electron chi connectivity index (χ1n) is 5.53. The molecule has 0 spiro atoms. The lowest BCUT2D eigenvalue weighted by Gasteiger charge is -2.13. The van der Waals surface area contributed by atoms with Crippen LogP contribution in [0, 0.1) is 0 Å². The number of benzene rings is 1. The number of likely N-dealkylation sites (N-methyl/N-ethyl adjacent to an activating group) is 1. The van der Waals surface area contributed by atoms with Gasteiger partial charge in [-0.25, -0.2) is 0 Å². The highest BCUT2D eigenvalue weighted by Gasteiger charge is 2.09. The van der Waals surface area contributed by atoms with Crippen LogP contribution in [0.4, 0.5) is 0 Å². The number of carbonyl (C=O) groups excluding carboxylic acids is 2. The van der Waals surface area contributed by atoms with E-state index < -0.39 is 5.97 Å². The van der Waals surface area contributed by atoms with Crippen LogP contribution >= 0.6 is 0 Å². The van der Waals surface area contributed by atoms with Crippen LogP contribution in [0.15, 0.2) is 24.3 Å². The van der Waals surface area contributed by atoms with E-state index in [4.69, 9.17) is 9.47 Å². The van der Waals surface area contributed by atoms with Crippen molar-refractivity contribution in [2.75, 3.05) is 20.7 Å². The fourth-order valence-electron chi connectivity index (χ4n) is 1.24. The van der Waals surface area contributed by atoms with Gasteiger partial charge in [0.2, 0.25) is 5.91 Å². The Morgan fingerprint density at radius 3 is 2.33 bits per heavy atom. The van der Waals surface area contributed by atoms with Gasteiger partial charge in [0.25, 0.3) is 0 Å². The quantitative estimate of drug-likeness (QED) is 0.738. The molecule has 0 saturated carbocycles. The first kappa shape index (κ1) is 14.0. The number of rotatable bonds is 5. The molecule has 18 heavy (non-hydrogen) atoms. The summed E-state index contributed by atoms with van der Waals surface area (Å²) in [4.78, 5) is 23.6. The van der Waals surface area contributed by atoms with Crippen molar-refractivity contribution >= 4 is 11.9 Å². The van der Waals surface area contributed by atoms with E-state index in [9.17, 15) is 9.59 Å². The molecule has 0 bridgehead atoms. The van der Waals surface area contributed by atoms with Crippen molar-refractivity contribution in [2.24, 2.45) is 0 Å². The summed E-state index contributed by atoms with van der Waals surface area (Å²) in [5.41, 5.74) is 0.870. The number of nitrogens with zero attached hydrogens (tertiary/aromatic N) is 1. The predicted octanol–water partition coefficient (Wildman–Crippen LogP) is 1.22. The van der Waals surface area contributed by atoms with Crippen LogP contribution in [-0.2, 0) is 20.9 Å². The molecule has 0 aliphatic carbocycles. The van der Waals surface area contributed by atoms with E-state index in [0.717, 1.165) is 11.3 Å². The molecule has 5 nitrogen and oxygen atoms in total. The minimum Gasteiger partial charge on any atom is -0.497 e. The summed E-state index contributed by atoms with van der Waals surface area (Å²) in [5.74, 6) is 0.154. The van der Waals surface area contributed by atoms with Crippen molar-refractivity contribution in [1.29, 1.82) is 0 Å². The molecule has 0 atom stereocenters. The maximum atomic E-state index is 11.4. The number of hydrogen-bond donors (Lipinski definition) is 0. The molecule has 98 valence electrons. The van der Waals surface area contributed by atoms with Crippen LogP contribution in [0.25, 0.3) is 0 Å². The molecule has 0 fully saturated rings. The Bertz CT molecular complexity index is 414. The van der Waals surface area contributed by atoms with E-state index in [2.05, 4.69) is 0 Å². The number of ether oxygens (including phenoxy) is 2. The number of esters is 1. The highest BCUT2D eigenvalue weighted by Crippen LogP contribution is 2.11. The minimum absolute atomic E-state index is 0.0362. The lowest BCUT2D eigenvalue weighted by molar-refractivity contribution is -0.149. The average Bonchev–Trinajstić information content (AvgIpc) is 2.36. The van der Waals surface area contributed by atoms with E-state index in [1.54, 1.807) is 26.3 Å². The molecule has 0 aliphatic heterocycles. The van der Waals surface area contributed by atoms with Crippen molar-refractivity contribution < 1.29 is 19.1 Å². The molecular formula is C13H17NO4. The molecule has 1 rings (SSSR count). The molecule has 0 heterocycles. The topological polar surface area (TPSA) is 55.8 Å². The van der Waals surface area contributed by atoms with E-state index >= 15 is 0 Å². The SMILES string of the molecule is COc1ccc(COC(=O)CN(C)C(C)=O)cc1. The zero-order valence-electron chi connectivity index (χ0n) is 10.8. The van der Waals surface area contributed by atoms with Gasteiger partial charge in [-0.05, 0) is 17.7 Å². The van der Waals surface area contributed by atoms with E-state index in [-0.39, 0.29) is 19.1 Å². The molecular weight excluding hydrogens is 234 g/mol. The zero-order valence-corrected chi connectivity index (χ0v) is 10.8. The second-order valence-electron chi connectivity index (χ2n) is 3.88. The summed E-state index contributed by atoms with van der Waals surface area (Å²) in [6, 6.07) is 7.23. The number of methoxy groups -OCH3 is 1. The van der Waals surface area contributed by atoms with Gasteiger partial charge in [0.05, 0.1) is 7.11 Å². The Kier molecular flexibility index (Phi) is 5.17. The smallest absolute Gasteiger partial charge is 0.325 e. The summed E-state index contributed by atoms with van der Waals surface area (Å²) < 4.78 is 10.1. The van der Waals surface area contributed by atoms with Crippen LogP contribution in [0.2, 0.25) is 0 Å². The highest BCUT2D eigenvalue weighted by atomic mass is 16.5. The van der Waals surface area contributed by atoms with Crippen molar-refractivity contribution in [3.8, 4) is 5.75 Å². The third kappa shape index (κ3) is 4.45. The van der Waals surface area contributed by atoms with Gasteiger partial charge in [0.1, 0.15) is 18.9 Å². The molecule has 0 saturated heterocycles. The first-order chi connectivity index (χ1) is 8.52. The number of hydrogen-bond acceptors (Lipinski definition) is 4. The monoisotopic (exact) mass is 251 g/mol. The van der Waals surface area contributed by atoms with Crippen LogP contribution in [0.1, 0.15) is 12.5 Å². The molecule has 0 N–H and O–H groups in total. The summed E-state index contributed by atoms with van der Waals surface area (Å²) in [5, 5.41) is 0. The van der Waals surface area contributed by atoms with Gasteiger partial charge in [-0.1, -0.05) is 12.1 Å². The van der Waals surface area contributed by atoms with E-state index in [1.165, 1.54) is 11.8 Å². The predicted molar refractivity (Wildman–Crippen MR) is 66.1 cm³/mol. The van der Waals surface area contributed by atoms with Crippen LogP contribution in [-0.4, -0.2) is 37.5 Å². The lowest BCUT2D eigenvalue weighted by Crippen LogP contribution is -2.31. The standard InChI is InChI=1S/C13H17NO4/c1-10(15)14(2)8-13(16)18-9-11-4-6-12(17-3)7-5-11/h4-7H,8-9H2,1-3H3.